The van der Waals surface area contributed by atoms with E-state index in [1.54, 1.807) is 12.1 Å². The van der Waals surface area contributed by atoms with Crippen LogP contribution in [-0.2, 0) is 11.2 Å². The molecular weight excluding hydrogens is 316 g/mol. The zero-order valence-corrected chi connectivity index (χ0v) is 14.5. The van der Waals surface area contributed by atoms with Gasteiger partial charge in [0.25, 0.3) is 0 Å². The number of nitrogens with one attached hydrogen (secondary N) is 2. The fraction of sp³-hybridized carbons (Fsp3) is 0.421. The van der Waals surface area contributed by atoms with Gasteiger partial charge in [-0.05, 0) is 23.6 Å². The summed E-state index contributed by atoms with van der Waals surface area (Å²) >= 11 is 0. The van der Waals surface area contributed by atoms with Crippen LogP contribution in [0.3, 0.4) is 0 Å². The van der Waals surface area contributed by atoms with Crippen molar-refractivity contribution in [1.29, 1.82) is 0 Å². The number of H-pyrrole nitrogens is 1. The minimum Gasteiger partial charge on any atom is -0.396 e. The molecule has 0 saturated heterocycles. The Morgan fingerprint density at radius 2 is 2.36 bits per heavy atom. The van der Waals surface area contributed by atoms with Crippen LogP contribution in [0.5, 0.6) is 0 Å². The first-order valence-corrected chi connectivity index (χ1v) is 8.95. The van der Waals surface area contributed by atoms with E-state index in [1.807, 2.05) is 0 Å². The molecule has 1 amide bonds. The largest absolute Gasteiger partial charge is 0.396 e. The number of aliphatic hydroxyl groups is 1. The molecule has 25 heavy (non-hydrogen) atoms. The van der Waals surface area contributed by atoms with Crippen LogP contribution in [-0.4, -0.2) is 53.8 Å². The molecule has 5 N–H and O–H groups in total. The number of fused-ring (bicyclic) bond motifs is 2. The number of hydrazine groups is 1. The summed E-state index contributed by atoms with van der Waals surface area (Å²) in [6.07, 6.45) is 5.93. The number of carbonyl (C=O) groups excluding carboxylic acids is 1. The Labute approximate surface area is 146 Å². The third-order valence-electron chi connectivity index (χ3n) is 5.32. The number of quaternary nitrogens is 1. The van der Waals surface area contributed by atoms with Gasteiger partial charge in [0.1, 0.15) is 12.0 Å². The van der Waals surface area contributed by atoms with Gasteiger partial charge in [-0.25, -0.2) is 5.43 Å². The summed E-state index contributed by atoms with van der Waals surface area (Å²) in [4.78, 5) is 16.1. The number of hydrogen-bond acceptors (Lipinski definition) is 3. The number of rotatable bonds is 5. The maximum atomic E-state index is 12.7. The predicted octanol–water partition coefficient (Wildman–Crippen LogP) is 0.0146. The van der Waals surface area contributed by atoms with Crippen LogP contribution in [0.25, 0.3) is 16.5 Å². The van der Waals surface area contributed by atoms with Crippen LogP contribution in [0.2, 0.25) is 0 Å². The molecule has 1 aliphatic carbocycles. The summed E-state index contributed by atoms with van der Waals surface area (Å²) in [6, 6.07) is 6.75. The summed E-state index contributed by atoms with van der Waals surface area (Å²) in [6.45, 7) is 1.50. The lowest BCUT2D eigenvalue weighted by molar-refractivity contribution is -0.681. The minimum atomic E-state index is -0.131. The van der Waals surface area contributed by atoms with E-state index >= 15 is 0 Å². The van der Waals surface area contributed by atoms with Crippen molar-refractivity contribution in [3.63, 3.8) is 0 Å². The highest BCUT2D eigenvalue weighted by molar-refractivity contribution is 5.98. The van der Waals surface area contributed by atoms with Gasteiger partial charge in [0.2, 0.25) is 5.91 Å². The molecule has 2 aliphatic rings. The van der Waals surface area contributed by atoms with Crippen LogP contribution in [0.1, 0.15) is 17.5 Å². The van der Waals surface area contributed by atoms with E-state index in [0.717, 1.165) is 13.0 Å². The van der Waals surface area contributed by atoms with Crippen molar-refractivity contribution in [2.75, 3.05) is 26.7 Å². The molecule has 4 rings (SSSR count). The summed E-state index contributed by atoms with van der Waals surface area (Å²) < 4.78 is 0. The van der Waals surface area contributed by atoms with Crippen LogP contribution >= 0.6 is 0 Å². The number of amides is 1. The molecule has 6 heteroatoms. The Morgan fingerprint density at radius 3 is 3.20 bits per heavy atom. The molecule has 0 radical (unpaired) electrons. The quantitative estimate of drug-likeness (QED) is 0.457. The first-order valence-electron chi connectivity index (χ1n) is 8.95. The molecule has 1 aromatic carbocycles. The molecule has 0 unspecified atom stereocenters. The van der Waals surface area contributed by atoms with Gasteiger partial charge in [0.05, 0.1) is 6.54 Å². The van der Waals surface area contributed by atoms with Crippen molar-refractivity contribution < 1.29 is 15.2 Å². The van der Waals surface area contributed by atoms with Gasteiger partial charge >= 0.3 is 0 Å². The zero-order chi connectivity index (χ0) is 17.4. The Morgan fingerprint density at radius 1 is 1.48 bits per heavy atom. The second kappa shape index (κ2) is 6.63. The van der Waals surface area contributed by atoms with Gasteiger partial charge in [-0.1, -0.05) is 18.2 Å². The number of aliphatic hydroxyl groups excluding tert-OH is 1. The lowest BCUT2D eigenvalue weighted by Crippen LogP contribution is -2.93. The third kappa shape index (κ3) is 2.86. The van der Waals surface area contributed by atoms with Gasteiger partial charge in [-0.15, -0.1) is 0 Å². The van der Waals surface area contributed by atoms with Crippen molar-refractivity contribution in [2.24, 2.45) is 5.92 Å². The highest BCUT2D eigenvalue weighted by Gasteiger charge is 2.35. The van der Waals surface area contributed by atoms with Crippen molar-refractivity contribution >= 4 is 22.4 Å². The molecule has 2 atom stereocenters. The monoisotopic (exact) mass is 341 g/mol. The van der Waals surface area contributed by atoms with E-state index in [2.05, 4.69) is 46.2 Å². The molecule has 2 aromatic rings. The SMILES string of the molecule is CN(NCCCO)C(=O)[C@@H]1C=C2c3cccc4[nH]cc(c34)C[C@H]2[NH2+]C1. The fourth-order valence-corrected chi connectivity index (χ4v) is 4.05. The molecule has 0 saturated carbocycles. The van der Waals surface area contributed by atoms with Gasteiger partial charge in [0.15, 0.2) is 0 Å². The van der Waals surface area contributed by atoms with Crippen molar-refractivity contribution in [3.05, 3.63) is 41.6 Å². The molecule has 132 valence electrons. The number of nitrogens with zero attached hydrogens (tertiary/aromatic N) is 1. The van der Waals surface area contributed by atoms with Crippen LogP contribution in [0, 0.1) is 5.92 Å². The first-order chi connectivity index (χ1) is 12.2. The van der Waals surface area contributed by atoms with Crippen molar-refractivity contribution in [3.8, 4) is 0 Å². The molecule has 0 fully saturated rings. The highest BCUT2D eigenvalue weighted by atomic mass is 16.3. The topological polar surface area (TPSA) is 85.0 Å². The number of benzene rings is 1. The average Bonchev–Trinajstić information content (AvgIpc) is 3.05. The maximum absolute atomic E-state index is 12.7. The number of carbonyl (C=O) groups is 1. The Bertz CT molecular complexity index is 826. The number of aromatic nitrogens is 1. The first kappa shape index (κ1) is 16.3. The van der Waals surface area contributed by atoms with Crippen LogP contribution in [0.15, 0.2) is 30.5 Å². The molecule has 6 nitrogen and oxygen atoms in total. The van der Waals surface area contributed by atoms with Gasteiger partial charge in [-0.3, -0.25) is 9.80 Å². The number of aromatic amines is 1. The highest BCUT2D eigenvalue weighted by Crippen LogP contribution is 2.36. The Hall–Kier alpha value is -2.15. The second-order valence-electron chi connectivity index (χ2n) is 6.94. The van der Waals surface area contributed by atoms with Crippen LogP contribution < -0.4 is 10.7 Å². The maximum Gasteiger partial charge on any atom is 0.249 e. The fourth-order valence-electron chi connectivity index (χ4n) is 4.05. The number of hydrogen-bond donors (Lipinski definition) is 4. The van der Waals surface area contributed by atoms with E-state index < -0.39 is 0 Å². The van der Waals surface area contributed by atoms with E-state index in [1.165, 1.54) is 27.6 Å². The Kier molecular flexibility index (Phi) is 4.33. The number of nitrogens with two attached hydrogens (primary N) is 1. The molecule has 2 heterocycles. The minimum absolute atomic E-state index is 0.0761. The summed E-state index contributed by atoms with van der Waals surface area (Å²) in [5, 5.41) is 14.0. The molecule has 0 bridgehead atoms. The van der Waals surface area contributed by atoms with Gasteiger partial charge < -0.3 is 15.4 Å². The standard InChI is InChI=1S/C19H24N4O2/c1-23(22-6-3-7-24)19(25)13-8-15-14-4-2-5-16-18(14)12(10-20-16)9-17(15)21-11-13/h2,4-5,8,10,13,17,20-22,24H,3,6-7,9,11H2,1H3/p+1/t13-,17-/m1/s1. The van der Waals surface area contributed by atoms with Gasteiger partial charge in [0, 0.05) is 49.3 Å². The smallest absolute Gasteiger partial charge is 0.249 e. The summed E-state index contributed by atoms with van der Waals surface area (Å²) in [7, 11) is 1.76. The average molecular weight is 341 g/mol. The second-order valence-corrected chi connectivity index (χ2v) is 6.94. The third-order valence-corrected chi connectivity index (χ3v) is 5.32. The molecule has 1 aromatic heterocycles. The lowest BCUT2D eigenvalue weighted by atomic mass is 9.80. The van der Waals surface area contributed by atoms with Crippen molar-refractivity contribution in [1.82, 2.24) is 15.4 Å². The summed E-state index contributed by atoms with van der Waals surface area (Å²) in [5.41, 5.74) is 8.14. The lowest BCUT2D eigenvalue weighted by Gasteiger charge is -2.32. The van der Waals surface area contributed by atoms with E-state index in [-0.39, 0.29) is 18.4 Å². The predicted molar refractivity (Wildman–Crippen MR) is 96.5 cm³/mol. The normalized spacial score (nSPS) is 21.8. The molecular formula is C19H25N4O2+. The Balaban J connectivity index is 1.61. The van der Waals surface area contributed by atoms with Crippen molar-refractivity contribution in [2.45, 2.75) is 18.9 Å². The van der Waals surface area contributed by atoms with E-state index in [4.69, 9.17) is 5.11 Å². The molecule has 1 aliphatic heterocycles. The van der Waals surface area contributed by atoms with Gasteiger partial charge in [-0.2, -0.15) is 0 Å². The van der Waals surface area contributed by atoms with E-state index in [0.29, 0.717) is 19.0 Å². The van der Waals surface area contributed by atoms with E-state index in [9.17, 15) is 4.79 Å². The summed E-state index contributed by atoms with van der Waals surface area (Å²) in [5.74, 6) is -0.0548. The molecule has 0 spiro atoms. The zero-order valence-electron chi connectivity index (χ0n) is 14.5. The van der Waals surface area contributed by atoms with Crippen LogP contribution in [0.4, 0.5) is 0 Å².